The van der Waals surface area contributed by atoms with E-state index in [1.165, 1.54) is 10.5 Å². The Labute approximate surface area is 165 Å². The minimum absolute atomic E-state index is 0.0242. The third-order valence-electron chi connectivity index (χ3n) is 4.82. The zero-order valence-corrected chi connectivity index (χ0v) is 16.9. The molecule has 2 aromatic rings. The van der Waals surface area contributed by atoms with Crippen LogP contribution in [0.1, 0.15) is 15.9 Å². The van der Waals surface area contributed by atoms with Crippen molar-refractivity contribution in [3.63, 3.8) is 0 Å². The molecule has 0 radical (unpaired) electrons. The summed E-state index contributed by atoms with van der Waals surface area (Å²) < 4.78 is 10.5. The summed E-state index contributed by atoms with van der Waals surface area (Å²) in [6.45, 7) is 4.11. The summed E-state index contributed by atoms with van der Waals surface area (Å²) in [6, 6.07) is 14.0. The highest BCUT2D eigenvalue weighted by molar-refractivity contribution is 7.98. The molecule has 27 heavy (non-hydrogen) atoms. The zero-order chi connectivity index (χ0) is 19.2. The van der Waals surface area contributed by atoms with E-state index in [1.807, 2.05) is 4.90 Å². The van der Waals surface area contributed by atoms with Crippen molar-refractivity contribution in [2.24, 2.45) is 0 Å². The average Bonchev–Trinajstić information content (AvgIpc) is 2.74. The van der Waals surface area contributed by atoms with Crippen molar-refractivity contribution in [2.45, 2.75) is 11.4 Å². The molecular weight excluding hydrogens is 360 g/mol. The molecule has 1 heterocycles. The van der Waals surface area contributed by atoms with Crippen LogP contribution < -0.4 is 9.47 Å². The van der Waals surface area contributed by atoms with Gasteiger partial charge < -0.3 is 14.4 Å². The smallest absolute Gasteiger partial charge is 0.254 e. The molecule has 6 heteroatoms. The van der Waals surface area contributed by atoms with Crippen molar-refractivity contribution < 1.29 is 14.3 Å². The minimum atomic E-state index is 0.0242. The summed E-state index contributed by atoms with van der Waals surface area (Å²) >= 11 is 1.75. The van der Waals surface area contributed by atoms with Crippen molar-refractivity contribution in [1.29, 1.82) is 0 Å². The third-order valence-corrected chi connectivity index (χ3v) is 5.57. The highest BCUT2D eigenvalue weighted by Crippen LogP contribution is 2.24. The van der Waals surface area contributed by atoms with Gasteiger partial charge in [0.05, 0.1) is 14.2 Å². The lowest BCUT2D eigenvalue weighted by atomic mass is 10.1. The first-order valence-electron chi connectivity index (χ1n) is 9.00. The molecule has 1 saturated heterocycles. The van der Waals surface area contributed by atoms with Gasteiger partial charge in [-0.05, 0) is 36.1 Å². The van der Waals surface area contributed by atoms with E-state index in [9.17, 15) is 4.79 Å². The highest BCUT2D eigenvalue weighted by Gasteiger charge is 2.23. The minimum Gasteiger partial charge on any atom is -0.497 e. The van der Waals surface area contributed by atoms with Crippen LogP contribution in [0.15, 0.2) is 47.4 Å². The van der Waals surface area contributed by atoms with E-state index in [2.05, 4.69) is 35.4 Å². The van der Waals surface area contributed by atoms with Gasteiger partial charge in [-0.2, -0.15) is 0 Å². The molecule has 1 aliphatic heterocycles. The number of carbonyl (C=O) groups is 1. The Morgan fingerprint density at radius 2 is 1.56 bits per heavy atom. The molecule has 0 aromatic heterocycles. The molecule has 2 aromatic carbocycles. The molecule has 0 N–H and O–H groups in total. The van der Waals surface area contributed by atoms with E-state index in [0.29, 0.717) is 17.1 Å². The van der Waals surface area contributed by atoms with Crippen molar-refractivity contribution in [1.82, 2.24) is 9.80 Å². The molecule has 0 bridgehead atoms. The standard InChI is InChI=1S/C21H26N2O3S/c1-25-18-12-17(13-19(14-18)26-2)21(24)23-10-8-22(9-11-23)15-16-4-6-20(27-3)7-5-16/h4-7,12-14H,8-11,15H2,1-3H3. The summed E-state index contributed by atoms with van der Waals surface area (Å²) in [7, 11) is 3.18. The van der Waals surface area contributed by atoms with Gasteiger partial charge in [0.25, 0.3) is 5.91 Å². The maximum absolute atomic E-state index is 12.9. The number of hydrogen-bond acceptors (Lipinski definition) is 5. The maximum atomic E-state index is 12.9. The lowest BCUT2D eigenvalue weighted by molar-refractivity contribution is 0.0627. The fourth-order valence-corrected chi connectivity index (χ4v) is 3.62. The summed E-state index contributed by atoms with van der Waals surface area (Å²) in [4.78, 5) is 18.4. The van der Waals surface area contributed by atoms with E-state index in [0.717, 1.165) is 32.7 Å². The first-order valence-corrected chi connectivity index (χ1v) is 10.2. The normalized spacial score (nSPS) is 14.9. The molecule has 0 unspecified atom stereocenters. The van der Waals surface area contributed by atoms with E-state index in [4.69, 9.17) is 9.47 Å². The van der Waals surface area contributed by atoms with Crippen LogP contribution in [0.5, 0.6) is 11.5 Å². The van der Waals surface area contributed by atoms with Gasteiger partial charge in [0.2, 0.25) is 0 Å². The number of carbonyl (C=O) groups excluding carboxylic acids is 1. The molecule has 144 valence electrons. The molecule has 5 nitrogen and oxygen atoms in total. The van der Waals surface area contributed by atoms with Crippen LogP contribution in [0.2, 0.25) is 0 Å². The molecule has 1 amide bonds. The summed E-state index contributed by atoms with van der Waals surface area (Å²) in [5.41, 5.74) is 1.91. The number of ether oxygens (including phenoxy) is 2. The number of thioether (sulfide) groups is 1. The molecule has 1 fully saturated rings. The van der Waals surface area contributed by atoms with Gasteiger partial charge in [-0.3, -0.25) is 9.69 Å². The SMILES string of the molecule is COc1cc(OC)cc(C(=O)N2CCN(Cc3ccc(SC)cc3)CC2)c1. The maximum Gasteiger partial charge on any atom is 0.254 e. The van der Waals surface area contributed by atoms with Gasteiger partial charge in [-0.1, -0.05) is 12.1 Å². The van der Waals surface area contributed by atoms with Crippen LogP contribution in [-0.4, -0.2) is 62.4 Å². The van der Waals surface area contributed by atoms with Gasteiger partial charge in [-0.25, -0.2) is 0 Å². The quantitative estimate of drug-likeness (QED) is 0.712. The van der Waals surface area contributed by atoms with Crippen molar-refractivity contribution in [3.8, 4) is 11.5 Å². The van der Waals surface area contributed by atoms with E-state index in [-0.39, 0.29) is 5.91 Å². The van der Waals surface area contributed by atoms with Gasteiger partial charge >= 0.3 is 0 Å². The predicted octanol–water partition coefficient (Wildman–Crippen LogP) is 3.38. The predicted molar refractivity (Wildman–Crippen MR) is 109 cm³/mol. The molecule has 0 aliphatic carbocycles. The topological polar surface area (TPSA) is 42.0 Å². The van der Waals surface area contributed by atoms with Crippen molar-refractivity contribution in [3.05, 3.63) is 53.6 Å². The Bertz CT molecular complexity index is 749. The second-order valence-corrected chi connectivity index (χ2v) is 7.40. The first kappa shape index (κ1) is 19.6. The molecule has 0 saturated carbocycles. The second kappa shape index (κ2) is 9.15. The van der Waals surface area contributed by atoms with Gasteiger partial charge in [0, 0.05) is 49.2 Å². The van der Waals surface area contributed by atoms with Crippen LogP contribution in [-0.2, 0) is 6.54 Å². The Hall–Kier alpha value is -2.18. The Balaban J connectivity index is 1.59. The summed E-state index contributed by atoms with van der Waals surface area (Å²) in [5, 5.41) is 0. The molecule has 0 atom stereocenters. The molecule has 0 spiro atoms. The number of amides is 1. The number of hydrogen-bond donors (Lipinski definition) is 0. The molecule has 1 aliphatic rings. The Kier molecular flexibility index (Phi) is 6.63. The Morgan fingerprint density at radius 1 is 0.963 bits per heavy atom. The van der Waals surface area contributed by atoms with Crippen molar-refractivity contribution in [2.75, 3.05) is 46.7 Å². The lowest BCUT2D eigenvalue weighted by Gasteiger charge is -2.35. The van der Waals surface area contributed by atoms with Crippen molar-refractivity contribution >= 4 is 17.7 Å². The van der Waals surface area contributed by atoms with Crippen LogP contribution in [0.4, 0.5) is 0 Å². The zero-order valence-electron chi connectivity index (χ0n) is 16.1. The second-order valence-electron chi connectivity index (χ2n) is 6.52. The van der Waals surface area contributed by atoms with Crippen LogP contribution in [0.3, 0.4) is 0 Å². The number of benzene rings is 2. The lowest BCUT2D eigenvalue weighted by Crippen LogP contribution is -2.48. The van der Waals surface area contributed by atoms with E-state index < -0.39 is 0 Å². The highest BCUT2D eigenvalue weighted by atomic mass is 32.2. The number of rotatable bonds is 6. The van der Waals surface area contributed by atoms with E-state index in [1.54, 1.807) is 44.2 Å². The summed E-state index contributed by atoms with van der Waals surface area (Å²) in [6.07, 6.45) is 2.09. The Morgan fingerprint density at radius 3 is 2.07 bits per heavy atom. The monoisotopic (exact) mass is 386 g/mol. The largest absolute Gasteiger partial charge is 0.497 e. The fraction of sp³-hybridized carbons (Fsp3) is 0.381. The van der Waals surface area contributed by atoms with Gasteiger partial charge in [0.1, 0.15) is 11.5 Å². The fourth-order valence-electron chi connectivity index (χ4n) is 3.21. The molecular formula is C21H26N2O3S. The van der Waals surface area contributed by atoms with Gasteiger partial charge in [0.15, 0.2) is 0 Å². The number of piperazine rings is 1. The third kappa shape index (κ3) is 4.96. The van der Waals surface area contributed by atoms with E-state index >= 15 is 0 Å². The van der Waals surface area contributed by atoms with Crippen LogP contribution >= 0.6 is 11.8 Å². The summed E-state index contributed by atoms with van der Waals surface area (Å²) in [5.74, 6) is 1.28. The van der Waals surface area contributed by atoms with Crippen LogP contribution in [0.25, 0.3) is 0 Å². The number of methoxy groups -OCH3 is 2. The first-order chi connectivity index (χ1) is 13.1. The van der Waals surface area contributed by atoms with Crippen LogP contribution in [0, 0.1) is 0 Å². The molecule has 3 rings (SSSR count). The van der Waals surface area contributed by atoms with Gasteiger partial charge in [-0.15, -0.1) is 11.8 Å². The average molecular weight is 387 g/mol. The number of nitrogens with zero attached hydrogens (tertiary/aromatic N) is 2.